The SMILES string of the molecule is Cc1nn(C)c2c1nc(CCCl)n2C(C)C(=O)N(C)C. The maximum Gasteiger partial charge on any atom is 0.244 e. The van der Waals surface area contributed by atoms with Crippen LogP contribution in [0, 0.1) is 6.92 Å². The van der Waals surface area contributed by atoms with Gasteiger partial charge in [0.1, 0.15) is 17.4 Å². The third-order valence-electron chi connectivity index (χ3n) is 3.41. The van der Waals surface area contributed by atoms with E-state index in [9.17, 15) is 4.79 Å². The molecule has 0 bridgehead atoms. The van der Waals surface area contributed by atoms with Crippen LogP contribution in [0.1, 0.15) is 24.5 Å². The first-order valence-corrected chi connectivity index (χ1v) is 7.09. The highest BCUT2D eigenvalue weighted by molar-refractivity contribution is 6.17. The minimum Gasteiger partial charge on any atom is -0.347 e. The van der Waals surface area contributed by atoms with Crippen LogP contribution in [0.15, 0.2) is 0 Å². The van der Waals surface area contributed by atoms with Crippen molar-refractivity contribution in [2.75, 3.05) is 20.0 Å². The lowest BCUT2D eigenvalue weighted by molar-refractivity contribution is -0.131. The molecule has 0 radical (unpaired) electrons. The van der Waals surface area contributed by atoms with Gasteiger partial charge in [-0.15, -0.1) is 11.6 Å². The Kier molecular flexibility index (Phi) is 4.04. The number of carbonyl (C=O) groups excluding carboxylic acids is 1. The van der Waals surface area contributed by atoms with Gasteiger partial charge in [-0.25, -0.2) is 4.98 Å². The zero-order chi connectivity index (χ0) is 15.0. The predicted octanol–water partition coefficient (Wildman–Crippen LogP) is 1.51. The van der Waals surface area contributed by atoms with E-state index in [1.54, 1.807) is 23.7 Å². The molecule has 0 spiro atoms. The fraction of sp³-hybridized carbons (Fsp3) is 0.615. The number of alkyl halides is 1. The van der Waals surface area contributed by atoms with E-state index in [0.717, 1.165) is 22.7 Å². The first-order valence-electron chi connectivity index (χ1n) is 6.56. The highest BCUT2D eigenvalue weighted by Crippen LogP contribution is 2.24. The van der Waals surface area contributed by atoms with Gasteiger partial charge in [0.2, 0.25) is 5.91 Å². The molecule has 2 aromatic rings. The molecule has 1 atom stereocenters. The molecule has 2 rings (SSSR count). The maximum absolute atomic E-state index is 12.3. The maximum atomic E-state index is 12.3. The van der Waals surface area contributed by atoms with Gasteiger partial charge >= 0.3 is 0 Å². The van der Waals surface area contributed by atoms with Gasteiger partial charge in [-0.3, -0.25) is 9.48 Å². The van der Waals surface area contributed by atoms with Crippen LogP contribution in [0.25, 0.3) is 11.2 Å². The third-order valence-corrected chi connectivity index (χ3v) is 3.60. The Hall–Kier alpha value is -1.56. The van der Waals surface area contributed by atoms with E-state index in [1.165, 1.54) is 0 Å². The van der Waals surface area contributed by atoms with E-state index >= 15 is 0 Å². The summed E-state index contributed by atoms with van der Waals surface area (Å²) in [6.07, 6.45) is 0.626. The van der Waals surface area contributed by atoms with Gasteiger partial charge in [0.05, 0.1) is 5.69 Å². The van der Waals surface area contributed by atoms with E-state index in [1.807, 2.05) is 25.5 Å². The summed E-state index contributed by atoms with van der Waals surface area (Å²) >= 11 is 5.86. The van der Waals surface area contributed by atoms with Gasteiger partial charge in [-0.05, 0) is 13.8 Å². The summed E-state index contributed by atoms with van der Waals surface area (Å²) in [6, 6.07) is -0.331. The highest BCUT2D eigenvalue weighted by Gasteiger charge is 2.25. The van der Waals surface area contributed by atoms with E-state index in [4.69, 9.17) is 11.6 Å². The molecule has 7 heteroatoms. The van der Waals surface area contributed by atoms with Crippen molar-refractivity contribution in [1.29, 1.82) is 0 Å². The number of fused-ring (bicyclic) bond motifs is 1. The number of rotatable bonds is 4. The van der Waals surface area contributed by atoms with Crippen molar-refractivity contribution in [1.82, 2.24) is 24.2 Å². The Morgan fingerprint density at radius 3 is 2.65 bits per heavy atom. The van der Waals surface area contributed by atoms with Crippen molar-refractivity contribution in [3.63, 3.8) is 0 Å². The molecule has 110 valence electrons. The molecule has 0 saturated heterocycles. The van der Waals surface area contributed by atoms with Gasteiger partial charge in [0.25, 0.3) is 0 Å². The number of aromatic nitrogens is 4. The number of nitrogens with zero attached hydrogens (tertiary/aromatic N) is 5. The van der Waals surface area contributed by atoms with Crippen LogP contribution in [-0.4, -0.2) is 50.1 Å². The first kappa shape index (κ1) is 14.8. The quantitative estimate of drug-likeness (QED) is 0.804. The van der Waals surface area contributed by atoms with Gasteiger partial charge < -0.3 is 9.47 Å². The van der Waals surface area contributed by atoms with Crippen LogP contribution in [-0.2, 0) is 18.3 Å². The van der Waals surface area contributed by atoms with Gasteiger partial charge in [0.15, 0.2) is 5.65 Å². The number of hydrogen-bond acceptors (Lipinski definition) is 3. The molecule has 0 aliphatic rings. The fourth-order valence-electron chi connectivity index (χ4n) is 2.49. The lowest BCUT2D eigenvalue weighted by Crippen LogP contribution is -2.31. The Bertz CT molecular complexity index is 643. The molecule has 20 heavy (non-hydrogen) atoms. The standard InChI is InChI=1S/C13H20ClN5O/c1-8-11-12(18(5)16-8)19(10(15-11)6-7-14)9(2)13(20)17(3)4/h9H,6-7H2,1-5H3. The van der Waals surface area contributed by atoms with Crippen LogP contribution in [0.3, 0.4) is 0 Å². The molecule has 0 saturated carbocycles. The van der Waals surface area contributed by atoms with Crippen LogP contribution in [0.2, 0.25) is 0 Å². The summed E-state index contributed by atoms with van der Waals surface area (Å²) < 4.78 is 3.72. The summed E-state index contributed by atoms with van der Waals surface area (Å²) in [5.74, 6) is 1.33. The normalized spacial score (nSPS) is 12.9. The second kappa shape index (κ2) is 5.44. The number of likely N-dealkylation sites (N-methyl/N-ethyl adjacent to an activating group) is 1. The molecular weight excluding hydrogens is 278 g/mol. The molecule has 2 aromatic heterocycles. The number of carbonyl (C=O) groups is 1. The van der Waals surface area contributed by atoms with E-state index in [0.29, 0.717) is 12.3 Å². The molecule has 1 amide bonds. The minimum atomic E-state index is -0.331. The average Bonchev–Trinajstić information content (AvgIpc) is 2.87. The first-order chi connectivity index (χ1) is 9.38. The largest absolute Gasteiger partial charge is 0.347 e. The second-order valence-electron chi connectivity index (χ2n) is 5.13. The Labute approximate surface area is 123 Å². The van der Waals surface area contributed by atoms with Crippen LogP contribution >= 0.6 is 11.6 Å². The number of amides is 1. The zero-order valence-electron chi connectivity index (χ0n) is 12.5. The summed E-state index contributed by atoms with van der Waals surface area (Å²) in [5, 5.41) is 4.37. The third kappa shape index (κ3) is 2.28. The van der Waals surface area contributed by atoms with Crippen molar-refractivity contribution < 1.29 is 4.79 Å². The smallest absolute Gasteiger partial charge is 0.244 e. The topological polar surface area (TPSA) is 56.0 Å². The van der Waals surface area contributed by atoms with Crippen molar-refractivity contribution in [2.24, 2.45) is 7.05 Å². The Balaban J connectivity index is 2.64. The van der Waals surface area contributed by atoms with Gasteiger partial charge in [-0.2, -0.15) is 5.10 Å². The predicted molar refractivity (Wildman–Crippen MR) is 79.1 cm³/mol. The number of hydrogen-bond donors (Lipinski definition) is 0. The van der Waals surface area contributed by atoms with Crippen LogP contribution in [0.4, 0.5) is 0 Å². The highest BCUT2D eigenvalue weighted by atomic mass is 35.5. The molecule has 0 fully saturated rings. The van der Waals surface area contributed by atoms with E-state index in [-0.39, 0.29) is 11.9 Å². The lowest BCUT2D eigenvalue weighted by Gasteiger charge is -2.20. The molecular formula is C13H20ClN5O. The minimum absolute atomic E-state index is 0.0268. The molecule has 6 nitrogen and oxygen atoms in total. The van der Waals surface area contributed by atoms with Crippen molar-refractivity contribution in [3.8, 4) is 0 Å². The molecule has 0 aliphatic carbocycles. The van der Waals surface area contributed by atoms with E-state index in [2.05, 4.69) is 10.1 Å². The molecule has 2 heterocycles. The van der Waals surface area contributed by atoms with Crippen molar-refractivity contribution >= 4 is 28.7 Å². The molecule has 0 N–H and O–H groups in total. The van der Waals surface area contributed by atoms with Crippen LogP contribution < -0.4 is 0 Å². The molecule has 0 aliphatic heterocycles. The number of halogens is 1. The summed E-state index contributed by atoms with van der Waals surface area (Å²) in [5.41, 5.74) is 2.57. The van der Waals surface area contributed by atoms with Crippen LogP contribution in [0.5, 0.6) is 0 Å². The lowest BCUT2D eigenvalue weighted by atomic mass is 10.2. The Morgan fingerprint density at radius 1 is 1.45 bits per heavy atom. The summed E-state index contributed by atoms with van der Waals surface area (Å²) in [4.78, 5) is 18.5. The van der Waals surface area contributed by atoms with E-state index < -0.39 is 0 Å². The summed E-state index contributed by atoms with van der Waals surface area (Å²) in [7, 11) is 5.37. The second-order valence-corrected chi connectivity index (χ2v) is 5.50. The monoisotopic (exact) mass is 297 g/mol. The van der Waals surface area contributed by atoms with Gasteiger partial charge in [0, 0.05) is 33.4 Å². The zero-order valence-corrected chi connectivity index (χ0v) is 13.3. The molecule has 1 unspecified atom stereocenters. The number of aryl methyl sites for hydroxylation is 3. The van der Waals surface area contributed by atoms with Crippen molar-refractivity contribution in [3.05, 3.63) is 11.5 Å². The van der Waals surface area contributed by atoms with Crippen molar-refractivity contribution in [2.45, 2.75) is 26.3 Å². The molecule has 0 aromatic carbocycles. The average molecular weight is 298 g/mol. The Morgan fingerprint density at radius 2 is 2.10 bits per heavy atom. The van der Waals surface area contributed by atoms with Gasteiger partial charge in [-0.1, -0.05) is 0 Å². The number of imidazole rings is 1. The fourth-order valence-corrected chi connectivity index (χ4v) is 2.66. The summed E-state index contributed by atoms with van der Waals surface area (Å²) in [6.45, 7) is 3.80.